The maximum atomic E-state index is 12.7. The zero-order valence-corrected chi connectivity index (χ0v) is 13.4. The van der Waals surface area contributed by atoms with Crippen molar-refractivity contribution in [3.63, 3.8) is 0 Å². The van der Waals surface area contributed by atoms with Crippen molar-refractivity contribution in [2.75, 3.05) is 6.54 Å². The summed E-state index contributed by atoms with van der Waals surface area (Å²) in [5, 5.41) is 6.04. The van der Waals surface area contributed by atoms with Crippen LogP contribution in [0.3, 0.4) is 0 Å². The van der Waals surface area contributed by atoms with Gasteiger partial charge in [-0.25, -0.2) is 4.98 Å². The van der Waals surface area contributed by atoms with Gasteiger partial charge in [-0.15, -0.1) is 0 Å². The van der Waals surface area contributed by atoms with Crippen LogP contribution in [0.4, 0.5) is 0 Å². The Balaban J connectivity index is 1.68. The fraction of sp³-hybridized carbons (Fsp3) is 0.333. The molecule has 0 unspecified atom stereocenters. The lowest BCUT2D eigenvalue weighted by atomic mass is 9.99. The maximum Gasteiger partial charge on any atom is 0.237 e. The Bertz CT molecular complexity index is 664. The Morgan fingerprint density at radius 1 is 1.33 bits per heavy atom. The summed E-state index contributed by atoms with van der Waals surface area (Å²) in [6.07, 6.45) is 7.02. The van der Waals surface area contributed by atoms with E-state index in [1.54, 1.807) is 18.9 Å². The summed E-state index contributed by atoms with van der Waals surface area (Å²) >= 11 is 0. The summed E-state index contributed by atoms with van der Waals surface area (Å²) in [7, 11) is 0. The molecule has 1 fully saturated rings. The monoisotopic (exact) mass is 325 g/mol. The number of aromatic amines is 1. The first-order chi connectivity index (χ1) is 11.7. The van der Waals surface area contributed by atoms with Gasteiger partial charge < -0.3 is 15.6 Å². The van der Waals surface area contributed by atoms with Crippen molar-refractivity contribution in [3.8, 4) is 0 Å². The molecule has 1 aromatic carbocycles. The molecular formula is C18H21N4O2. The first-order valence-corrected chi connectivity index (χ1v) is 8.17. The average Bonchev–Trinajstić information content (AvgIpc) is 3.29. The van der Waals surface area contributed by atoms with Crippen molar-refractivity contribution in [2.24, 2.45) is 0 Å². The number of hydrogen-bond donors (Lipinski definition) is 3. The van der Waals surface area contributed by atoms with E-state index in [0.717, 1.165) is 30.6 Å². The third kappa shape index (κ3) is 4.29. The average molecular weight is 325 g/mol. The second kappa shape index (κ2) is 7.88. The number of Topliss-reactive ketones (excluding diaryl/α,β-unsaturated/α-hetero) is 1. The number of imidazole rings is 1. The first kappa shape index (κ1) is 16.4. The van der Waals surface area contributed by atoms with Gasteiger partial charge in [0.05, 0.1) is 30.5 Å². The minimum Gasteiger partial charge on any atom is -0.351 e. The van der Waals surface area contributed by atoms with Crippen molar-refractivity contribution in [1.82, 2.24) is 20.6 Å². The molecule has 0 bridgehead atoms. The standard InChI is InChI=1S/C18H21N4O2/c23-17(9-13-5-2-1-3-6-13)16(10-14-11-19-12-21-14)22-18(24)15-7-4-8-20-15/h1-3,5-6,9,11-12,15-16,20H,4,7-8,10H2,(H,19,21)(H,22,24)/t15-,16-/m0/s1. The van der Waals surface area contributed by atoms with Gasteiger partial charge >= 0.3 is 0 Å². The molecule has 125 valence electrons. The van der Waals surface area contributed by atoms with E-state index >= 15 is 0 Å². The number of nitrogens with one attached hydrogen (secondary N) is 3. The van der Waals surface area contributed by atoms with E-state index in [1.807, 2.05) is 30.3 Å². The molecular weight excluding hydrogens is 304 g/mol. The van der Waals surface area contributed by atoms with Gasteiger partial charge in [0.25, 0.3) is 0 Å². The molecule has 0 aliphatic carbocycles. The van der Waals surface area contributed by atoms with E-state index in [0.29, 0.717) is 6.42 Å². The lowest BCUT2D eigenvalue weighted by Gasteiger charge is -2.19. The number of hydrogen-bond acceptors (Lipinski definition) is 4. The Morgan fingerprint density at radius 3 is 2.83 bits per heavy atom. The largest absolute Gasteiger partial charge is 0.351 e. The van der Waals surface area contributed by atoms with E-state index in [2.05, 4.69) is 20.6 Å². The molecule has 2 aromatic rings. The number of benzene rings is 1. The fourth-order valence-electron chi connectivity index (χ4n) is 2.83. The van der Waals surface area contributed by atoms with Crippen LogP contribution < -0.4 is 10.6 Å². The molecule has 1 saturated heterocycles. The third-order valence-electron chi connectivity index (χ3n) is 4.11. The number of carbonyl (C=O) groups excluding carboxylic acids is 2. The van der Waals surface area contributed by atoms with Crippen molar-refractivity contribution < 1.29 is 9.59 Å². The Morgan fingerprint density at radius 2 is 2.17 bits per heavy atom. The predicted octanol–water partition coefficient (Wildman–Crippen LogP) is 1.01. The summed E-state index contributed by atoms with van der Waals surface area (Å²) in [4.78, 5) is 32.1. The molecule has 2 heterocycles. The number of H-pyrrole nitrogens is 1. The molecule has 6 nitrogen and oxygen atoms in total. The minimum absolute atomic E-state index is 0.122. The Hall–Kier alpha value is -2.47. The van der Waals surface area contributed by atoms with Gasteiger partial charge in [-0.1, -0.05) is 30.3 Å². The molecule has 0 saturated carbocycles. The van der Waals surface area contributed by atoms with E-state index in [1.165, 1.54) is 0 Å². The van der Waals surface area contributed by atoms with Crippen molar-refractivity contribution in [2.45, 2.75) is 31.3 Å². The van der Waals surface area contributed by atoms with Crippen molar-refractivity contribution >= 4 is 11.7 Å². The minimum atomic E-state index is -0.622. The smallest absolute Gasteiger partial charge is 0.237 e. The van der Waals surface area contributed by atoms with Crippen LogP contribution in [0.1, 0.15) is 24.1 Å². The first-order valence-electron chi connectivity index (χ1n) is 8.17. The second-order valence-corrected chi connectivity index (χ2v) is 5.93. The molecule has 2 atom stereocenters. The van der Waals surface area contributed by atoms with Gasteiger partial charge in [0, 0.05) is 12.6 Å². The molecule has 3 N–H and O–H groups in total. The van der Waals surface area contributed by atoms with Gasteiger partial charge in [0.2, 0.25) is 5.91 Å². The number of carbonyl (C=O) groups is 2. The van der Waals surface area contributed by atoms with E-state index < -0.39 is 6.04 Å². The molecule has 1 aromatic heterocycles. The molecule has 0 spiro atoms. The number of amides is 1. The lowest BCUT2D eigenvalue weighted by molar-refractivity contribution is -0.127. The molecule has 3 rings (SSSR count). The van der Waals surface area contributed by atoms with Crippen LogP contribution in [0.2, 0.25) is 0 Å². The topological polar surface area (TPSA) is 86.9 Å². The second-order valence-electron chi connectivity index (χ2n) is 5.93. The number of nitrogens with zero attached hydrogens (tertiary/aromatic N) is 1. The van der Waals surface area contributed by atoms with Crippen LogP contribution >= 0.6 is 0 Å². The predicted molar refractivity (Wildman–Crippen MR) is 90.1 cm³/mol. The fourth-order valence-corrected chi connectivity index (χ4v) is 2.83. The highest BCUT2D eigenvalue weighted by atomic mass is 16.2. The summed E-state index contributed by atoms with van der Waals surface area (Å²) in [5.41, 5.74) is 1.57. The normalized spacial score (nSPS) is 18.2. The zero-order valence-electron chi connectivity index (χ0n) is 13.4. The SMILES string of the molecule is O=C([CH]c1ccccc1)[C@H](Cc1c[nH]cn1)NC(=O)[C@@H]1CCCN1. The molecule has 1 aliphatic heterocycles. The van der Waals surface area contributed by atoms with Crippen LogP contribution in [0, 0.1) is 6.42 Å². The lowest BCUT2D eigenvalue weighted by Crippen LogP contribution is -2.49. The van der Waals surface area contributed by atoms with Gasteiger partial charge in [0.1, 0.15) is 0 Å². The number of rotatable bonds is 7. The van der Waals surface area contributed by atoms with Crippen molar-refractivity contribution in [1.29, 1.82) is 0 Å². The summed E-state index contributed by atoms with van der Waals surface area (Å²) in [6, 6.07) is 8.55. The number of ketones is 1. The highest BCUT2D eigenvalue weighted by Gasteiger charge is 2.27. The molecule has 1 radical (unpaired) electrons. The molecule has 1 aliphatic rings. The maximum absolute atomic E-state index is 12.7. The van der Waals surface area contributed by atoms with E-state index in [4.69, 9.17) is 0 Å². The quantitative estimate of drug-likeness (QED) is 0.709. The summed E-state index contributed by atoms with van der Waals surface area (Å²) < 4.78 is 0. The van der Waals surface area contributed by atoms with Gasteiger partial charge in [-0.3, -0.25) is 9.59 Å². The van der Waals surface area contributed by atoms with E-state index in [9.17, 15) is 9.59 Å². The molecule has 1 amide bonds. The van der Waals surface area contributed by atoms with Gasteiger partial charge in [0.15, 0.2) is 5.78 Å². The summed E-state index contributed by atoms with van der Waals surface area (Å²) in [6.45, 7) is 0.839. The number of aromatic nitrogens is 2. The van der Waals surface area contributed by atoms with Gasteiger partial charge in [-0.05, 0) is 24.9 Å². The highest BCUT2D eigenvalue weighted by Crippen LogP contribution is 2.10. The molecule has 24 heavy (non-hydrogen) atoms. The van der Waals surface area contributed by atoms with Crippen LogP contribution in [-0.4, -0.2) is 40.3 Å². The van der Waals surface area contributed by atoms with Crippen molar-refractivity contribution in [3.05, 3.63) is 60.5 Å². The zero-order chi connectivity index (χ0) is 16.8. The van der Waals surface area contributed by atoms with Crippen LogP contribution in [-0.2, 0) is 16.0 Å². The summed E-state index contributed by atoms with van der Waals surface area (Å²) in [5.74, 6) is -0.251. The Kier molecular flexibility index (Phi) is 5.38. The van der Waals surface area contributed by atoms with Gasteiger partial charge in [-0.2, -0.15) is 0 Å². The highest BCUT2D eigenvalue weighted by molar-refractivity contribution is 5.98. The molecule has 6 heteroatoms. The van der Waals surface area contributed by atoms with Crippen LogP contribution in [0.5, 0.6) is 0 Å². The van der Waals surface area contributed by atoms with Crippen LogP contribution in [0.15, 0.2) is 42.9 Å². The van der Waals surface area contributed by atoms with E-state index in [-0.39, 0.29) is 17.7 Å². The third-order valence-corrected chi connectivity index (χ3v) is 4.11. The Labute approximate surface area is 141 Å². The van der Waals surface area contributed by atoms with Crippen LogP contribution in [0.25, 0.3) is 0 Å².